The van der Waals surface area contributed by atoms with Crippen molar-refractivity contribution < 1.29 is 4.79 Å². The normalized spacial score (nSPS) is 16.1. The van der Waals surface area contributed by atoms with E-state index >= 15 is 0 Å². The molecular formula is C18H26N6O. The first-order valence-electron chi connectivity index (χ1n) is 8.73. The van der Waals surface area contributed by atoms with Crippen molar-refractivity contribution >= 4 is 11.7 Å². The molecule has 7 heteroatoms. The number of nitrogens with zero attached hydrogens (tertiary/aromatic N) is 4. The lowest BCUT2D eigenvalue weighted by Gasteiger charge is -2.32. The highest BCUT2D eigenvalue weighted by Gasteiger charge is 2.26. The van der Waals surface area contributed by atoms with Gasteiger partial charge < -0.3 is 10.2 Å². The SMILES string of the molecule is Cc1cc(NC2CCN(C(=O)c3cc(C(C)(C)C)[nH]n3)CC2)ncn1. The molecule has 0 unspecified atom stereocenters. The lowest BCUT2D eigenvalue weighted by molar-refractivity contribution is 0.0712. The van der Waals surface area contributed by atoms with Crippen LogP contribution in [0, 0.1) is 6.92 Å². The van der Waals surface area contributed by atoms with E-state index in [1.54, 1.807) is 6.33 Å². The van der Waals surface area contributed by atoms with Gasteiger partial charge in [-0.2, -0.15) is 5.10 Å². The predicted octanol–water partition coefficient (Wildman–Crippen LogP) is 2.52. The average Bonchev–Trinajstić information content (AvgIpc) is 3.05. The van der Waals surface area contributed by atoms with E-state index < -0.39 is 0 Å². The largest absolute Gasteiger partial charge is 0.367 e. The number of rotatable bonds is 3. The third-order valence-electron chi connectivity index (χ3n) is 4.54. The van der Waals surface area contributed by atoms with Gasteiger partial charge in [-0.1, -0.05) is 20.8 Å². The summed E-state index contributed by atoms with van der Waals surface area (Å²) >= 11 is 0. The van der Waals surface area contributed by atoms with Crippen molar-refractivity contribution in [1.29, 1.82) is 0 Å². The van der Waals surface area contributed by atoms with Crippen molar-refractivity contribution in [3.8, 4) is 0 Å². The first-order valence-corrected chi connectivity index (χ1v) is 8.73. The van der Waals surface area contributed by atoms with Gasteiger partial charge in [0.1, 0.15) is 17.8 Å². The van der Waals surface area contributed by atoms with Crippen LogP contribution < -0.4 is 5.32 Å². The Labute approximate surface area is 148 Å². The first-order chi connectivity index (χ1) is 11.8. The molecule has 0 bridgehead atoms. The van der Waals surface area contributed by atoms with Gasteiger partial charge in [0.15, 0.2) is 0 Å². The van der Waals surface area contributed by atoms with Crippen LogP contribution in [0.3, 0.4) is 0 Å². The summed E-state index contributed by atoms with van der Waals surface area (Å²) in [5.74, 6) is 0.850. The molecule has 2 N–H and O–H groups in total. The number of carbonyl (C=O) groups is 1. The summed E-state index contributed by atoms with van der Waals surface area (Å²) in [6.45, 7) is 9.68. The van der Waals surface area contributed by atoms with Crippen molar-refractivity contribution in [1.82, 2.24) is 25.1 Å². The minimum Gasteiger partial charge on any atom is -0.367 e. The minimum atomic E-state index is -0.0435. The molecule has 1 fully saturated rings. The molecule has 3 heterocycles. The van der Waals surface area contributed by atoms with Crippen LogP contribution in [0.4, 0.5) is 5.82 Å². The van der Waals surface area contributed by atoms with Gasteiger partial charge in [-0.25, -0.2) is 9.97 Å². The Hall–Kier alpha value is -2.44. The zero-order chi connectivity index (χ0) is 18.0. The molecule has 134 valence electrons. The molecule has 1 aliphatic heterocycles. The number of piperidine rings is 1. The second-order valence-corrected chi connectivity index (χ2v) is 7.67. The fraction of sp³-hybridized carbons (Fsp3) is 0.556. The van der Waals surface area contributed by atoms with E-state index in [1.807, 2.05) is 24.0 Å². The van der Waals surface area contributed by atoms with Gasteiger partial charge in [-0.05, 0) is 25.8 Å². The number of H-pyrrole nitrogens is 1. The van der Waals surface area contributed by atoms with E-state index in [9.17, 15) is 4.79 Å². The first kappa shape index (κ1) is 17.4. The molecule has 7 nitrogen and oxygen atoms in total. The molecule has 3 rings (SSSR count). The maximum atomic E-state index is 12.7. The summed E-state index contributed by atoms with van der Waals surface area (Å²) < 4.78 is 0. The van der Waals surface area contributed by atoms with Crippen LogP contribution in [0.5, 0.6) is 0 Å². The van der Waals surface area contributed by atoms with Crippen LogP contribution in [0.15, 0.2) is 18.5 Å². The van der Waals surface area contributed by atoms with Crippen molar-refractivity contribution in [3.05, 3.63) is 35.5 Å². The maximum Gasteiger partial charge on any atom is 0.274 e. The van der Waals surface area contributed by atoms with E-state index in [-0.39, 0.29) is 11.3 Å². The average molecular weight is 342 g/mol. The molecule has 0 spiro atoms. The van der Waals surface area contributed by atoms with Gasteiger partial charge in [0.2, 0.25) is 0 Å². The summed E-state index contributed by atoms with van der Waals surface area (Å²) in [4.78, 5) is 22.9. The molecule has 0 aliphatic carbocycles. The molecule has 0 radical (unpaired) electrons. The summed E-state index contributed by atoms with van der Waals surface area (Å²) in [7, 11) is 0. The third-order valence-corrected chi connectivity index (χ3v) is 4.54. The summed E-state index contributed by atoms with van der Waals surface area (Å²) in [5.41, 5.74) is 2.38. The molecule has 1 aliphatic rings. The lowest BCUT2D eigenvalue weighted by atomic mass is 9.92. The van der Waals surface area contributed by atoms with Gasteiger partial charge >= 0.3 is 0 Å². The summed E-state index contributed by atoms with van der Waals surface area (Å²) in [6, 6.07) is 4.13. The number of anilines is 1. The van der Waals surface area contributed by atoms with Crippen molar-refractivity contribution in [2.24, 2.45) is 0 Å². The van der Waals surface area contributed by atoms with Crippen LogP contribution in [0.2, 0.25) is 0 Å². The van der Waals surface area contributed by atoms with Gasteiger partial charge in [0.25, 0.3) is 5.91 Å². The smallest absolute Gasteiger partial charge is 0.274 e. The summed E-state index contributed by atoms with van der Waals surface area (Å²) in [6.07, 6.45) is 3.36. The number of hydrogen-bond donors (Lipinski definition) is 2. The zero-order valence-corrected chi connectivity index (χ0v) is 15.3. The molecule has 0 saturated carbocycles. The third kappa shape index (κ3) is 4.15. The molecule has 1 amide bonds. The highest BCUT2D eigenvalue weighted by Crippen LogP contribution is 2.22. The zero-order valence-electron chi connectivity index (χ0n) is 15.3. The Morgan fingerprint density at radius 3 is 2.56 bits per heavy atom. The molecule has 0 atom stereocenters. The van der Waals surface area contributed by atoms with E-state index in [1.165, 1.54) is 0 Å². The molecule has 2 aromatic rings. The Kier molecular flexibility index (Phi) is 4.74. The van der Waals surface area contributed by atoms with E-state index in [2.05, 4.69) is 46.3 Å². The number of aromatic nitrogens is 4. The van der Waals surface area contributed by atoms with Crippen LogP contribution >= 0.6 is 0 Å². The van der Waals surface area contributed by atoms with Crippen molar-refractivity contribution in [3.63, 3.8) is 0 Å². The topological polar surface area (TPSA) is 86.8 Å². The van der Waals surface area contributed by atoms with Crippen molar-refractivity contribution in [2.75, 3.05) is 18.4 Å². The number of carbonyl (C=O) groups excluding carboxylic acids is 1. The van der Waals surface area contributed by atoms with Crippen LogP contribution in [0.1, 0.15) is 55.5 Å². The van der Waals surface area contributed by atoms with Gasteiger partial charge in [0, 0.05) is 42.0 Å². The predicted molar refractivity (Wildman–Crippen MR) is 96.6 cm³/mol. The molecule has 2 aromatic heterocycles. The highest BCUT2D eigenvalue weighted by atomic mass is 16.2. The molecule has 0 aromatic carbocycles. The highest BCUT2D eigenvalue weighted by molar-refractivity contribution is 5.92. The number of likely N-dealkylation sites (tertiary alicyclic amines) is 1. The number of nitrogens with one attached hydrogen (secondary N) is 2. The van der Waals surface area contributed by atoms with Gasteiger partial charge in [0.05, 0.1) is 0 Å². The minimum absolute atomic E-state index is 0.00285. The van der Waals surface area contributed by atoms with E-state index in [0.717, 1.165) is 43.1 Å². The summed E-state index contributed by atoms with van der Waals surface area (Å²) in [5, 5.41) is 10.6. The maximum absolute atomic E-state index is 12.7. The van der Waals surface area contributed by atoms with Crippen LogP contribution in [-0.4, -0.2) is 50.1 Å². The Bertz CT molecular complexity index is 740. The number of hydrogen-bond acceptors (Lipinski definition) is 5. The number of aryl methyl sites for hydroxylation is 1. The quantitative estimate of drug-likeness (QED) is 0.895. The molecule has 1 saturated heterocycles. The van der Waals surface area contributed by atoms with Gasteiger partial charge in [-0.3, -0.25) is 9.89 Å². The lowest BCUT2D eigenvalue weighted by Crippen LogP contribution is -2.42. The Morgan fingerprint density at radius 2 is 1.96 bits per heavy atom. The molecule has 25 heavy (non-hydrogen) atoms. The Balaban J connectivity index is 1.56. The fourth-order valence-corrected chi connectivity index (χ4v) is 2.95. The van der Waals surface area contributed by atoms with Crippen LogP contribution in [0.25, 0.3) is 0 Å². The van der Waals surface area contributed by atoms with E-state index in [0.29, 0.717) is 11.7 Å². The second kappa shape index (κ2) is 6.82. The number of aromatic amines is 1. The fourth-order valence-electron chi connectivity index (χ4n) is 2.95. The molecular weight excluding hydrogens is 316 g/mol. The standard InChI is InChI=1S/C18H26N6O/c1-12-9-16(20-11-19-12)21-13-5-7-24(8-6-13)17(25)14-10-15(23-22-14)18(2,3)4/h9-11,13H,5-8H2,1-4H3,(H,22,23)(H,19,20,21). The van der Waals surface area contributed by atoms with Crippen molar-refractivity contribution in [2.45, 2.75) is 52.0 Å². The monoisotopic (exact) mass is 342 g/mol. The Morgan fingerprint density at radius 1 is 1.24 bits per heavy atom. The second-order valence-electron chi connectivity index (χ2n) is 7.67. The van der Waals surface area contributed by atoms with Gasteiger partial charge in [-0.15, -0.1) is 0 Å². The van der Waals surface area contributed by atoms with Crippen LogP contribution in [-0.2, 0) is 5.41 Å². The number of amides is 1. The van der Waals surface area contributed by atoms with E-state index in [4.69, 9.17) is 0 Å².